The summed E-state index contributed by atoms with van der Waals surface area (Å²) in [6.45, 7) is 0. The number of rotatable bonds is 7. The standard InChI is InChI=1S/C25H20N4OS2/c30-24-16-19(13-15-31-23-8-4-5-14-26-23)28-25-22(17-27-29(24)25)18-9-11-21(12-10-18)32-20-6-2-1-3-7-20/h1-12,14,16-17,27H,13,15H2. The van der Waals surface area contributed by atoms with Gasteiger partial charge in [-0.25, -0.2) is 14.5 Å². The maximum Gasteiger partial charge on any atom is 0.272 e. The van der Waals surface area contributed by atoms with Crippen LogP contribution in [0.25, 0.3) is 16.8 Å². The van der Waals surface area contributed by atoms with Gasteiger partial charge in [0.25, 0.3) is 5.56 Å². The molecule has 3 aromatic heterocycles. The molecule has 0 aliphatic carbocycles. The third-order valence-electron chi connectivity index (χ3n) is 4.94. The summed E-state index contributed by atoms with van der Waals surface area (Å²) in [4.78, 5) is 24.1. The van der Waals surface area contributed by atoms with Gasteiger partial charge in [0.05, 0.1) is 5.03 Å². The zero-order valence-electron chi connectivity index (χ0n) is 17.1. The Morgan fingerprint density at radius 3 is 2.47 bits per heavy atom. The van der Waals surface area contributed by atoms with Crippen LogP contribution in [0.4, 0.5) is 0 Å². The van der Waals surface area contributed by atoms with Gasteiger partial charge in [0, 0.05) is 45.3 Å². The molecule has 0 saturated carbocycles. The predicted molar refractivity (Wildman–Crippen MR) is 130 cm³/mol. The molecule has 5 nitrogen and oxygen atoms in total. The fourth-order valence-electron chi connectivity index (χ4n) is 3.39. The van der Waals surface area contributed by atoms with Crippen molar-refractivity contribution in [3.8, 4) is 11.1 Å². The van der Waals surface area contributed by atoms with Gasteiger partial charge in [-0.3, -0.25) is 9.89 Å². The van der Waals surface area contributed by atoms with Gasteiger partial charge in [-0.15, -0.1) is 11.8 Å². The zero-order chi connectivity index (χ0) is 21.8. The normalized spacial score (nSPS) is 11.1. The third kappa shape index (κ3) is 4.64. The molecule has 5 aromatic rings. The summed E-state index contributed by atoms with van der Waals surface area (Å²) >= 11 is 3.38. The van der Waals surface area contributed by atoms with E-state index in [-0.39, 0.29) is 5.56 Å². The molecule has 0 atom stereocenters. The minimum Gasteiger partial charge on any atom is -0.296 e. The first-order chi connectivity index (χ1) is 15.8. The van der Waals surface area contributed by atoms with E-state index in [0.29, 0.717) is 12.1 Å². The molecule has 0 bridgehead atoms. The second-order valence-corrected chi connectivity index (χ2v) is 9.40. The third-order valence-corrected chi connectivity index (χ3v) is 6.90. The van der Waals surface area contributed by atoms with Gasteiger partial charge in [0.15, 0.2) is 5.65 Å². The number of H-pyrrole nitrogens is 1. The highest BCUT2D eigenvalue weighted by atomic mass is 32.2. The van der Waals surface area contributed by atoms with Crippen LogP contribution in [0.3, 0.4) is 0 Å². The number of fused-ring (bicyclic) bond motifs is 1. The second kappa shape index (κ2) is 9.46. The molecule has 0 spiro atoms. The lowest BCUT2D eigenvalue weighted by Gasteiger charge is -2.05. The van der Waals surface area contributed by atoms with Gasteiger partial charge in [0.1, 0.15) is 0 Å². The van der Waals surface area contributed by atoms with Crippen molar-refractivity contribution in [3.63, 3.8) is 0 Å². The summed E-state index contributed by atoms with van der Waals surface area (Å²) in [5, 5.41) is 4.01. The van der Waals surface area contributed by atoms with Crippen LogP contribution in [0.15, 0.2) is 111 Å². The van der Waals surface area contributed by atoms with Crippen LogP contribution < -0.4 is 5.56 Å². The van der Waals surface area contributed by atoms with Gasteiger partial charge in [0.2, 0.25) is 0 Å². The van der Waals surface area contributed by atoms with Crippen molar-refractivity contribution < 1.29 is 0 Å². The highest BCUT2D eigenvalue weighted by molar-refractivity contribution is 7.99. The largest absolute Gasteiger partial charge is 0.296 e. The van der Waals surface area contributed by atoms with Gasteiger partial charge in [-0.2, -0.15) is 0 Å². The summed E-state index contributed by atoms with van der Waals surface area (Å²) < 4.78 is 1.50. The van der Waals surface area contributed by atoms with E-state index in [4.69, 9.17) is 4.98 Å². The van der Waals surface area contributed by atoms with Crippen LogP contribution >= 0.6 is 23.5 Å². The molecule has 0 fully saturated rings. The number of pyridine rings is 1. The molecule has 0 unspecified atom stereocenters. The lowest BCUT2D eigenvalue weighted by Crippen LogP contribution is -2.15. The van der Waals surface area contributed by atoms with E-state index >= 15 is 0 Å². The SMILES string of the molecule is O=c1cc(CCSc2ccccn2)nc2c(-c3ccc(Sc4ccccc4)cc3)c[nH]n12. The maximum absolute atomic E-state index is 12.6. The van der Waals surface area contributed by atoms with Gasteiger partial charge < -0.3 is 0 Å². The molecule has 158 valence electrons. The summed E-state index contributed by atoms with van der Waals surface area (Å²) in [7, 11) is 0. The number of aromatic amines is 1. The zero-order valence-corrected chi connectivity index (χ0v) is 18.8. The highest BCUT2D eigenvalue weighted by Crippen LogP contribution is 2.30. The van der Waals surface area contributed by atoms with E-state index in [1.165, 1.54) is 9.41 Å². The molecule has 0 amide bonds. The fourth-order valence-corrected chi connectivity index (χ4v) is 5.06. The fraction of sp³-hybridized carbons (Fsp3) is 0.0800. The maximum atomic E-state index is 12.6. The molecular formula is C25H20N4OS2. The number of benzene rings is 2. The molecule has 32 heavy (non-hydrogen) atoms. The van der Waals surface area contributed by atoms with Crippen molar-refractivity contribution in [2.45, 2.75) is 21.2 Å². The van der Waals surface area contributed by atoms with E-state index in [0.717, 1.165) is 32.5 Å². The number of nitrogens with zero attached hydrogens (tertiary/aromatic N) is 3. The summed E-state index contributed by atoms with van der Waals surface area (Å²) in [6, 6.07) is 26.1. The molecule has 5 rings (SSSR count). The first-order valence-electron chi connectivity index (χ1n) is 10.2. The molecule has 7 heteroatoms. The van der Waals surface area contributed by atoms with Gasteiger partial charge in [-0.05, 0) is 48.4 Å². The molecule has 3 heterocycles. The summed E-state index contributed by atoms with van der Waals surface area (Å²) in [5.41, 5.74) is 3.27. The topological polar surface area (TPSA) is 63.0 Å². The van der Waals surface area contributed by atoms with Crippen molar-refractivity contribution in [2.24, 2.45) is 0 Å². The van der Waals surface area contributed by atoms with E-state index in [1.54, 1.807) is 35.8 Å². The van der Waals surface area contributed by atoms with Crippen LogP contribution in [0.5, 0.6) is 0 Å². The van der Waals surface area contributed by atoms with Crippen LogP contribution in [0.2, 0.25) is 0 Å². The highest BCUT2D eigenvalue weighted by Gasteiger charge is 2.11. The Hall–Kier alpha value is -3.29. The van der Waals surface area contributed by atoms with E-state index in [2.05, 4.69) is 46.5 Å². The van der Waals surface area contributed by atoms with Crippen LogP contribution in [0, 0.1) is 0 Å². The number of nitrogens with one attached hydrogen (secondary N) is 1. The second-order valence-electron chi connectivity index (χ2n) is 7.14. The molecule has 1 N–H and O–H groups in total. The van der Waals surface area contributed by atoms with Crippen LogP contribution in [-0.4, -0.2) is 25.3 Å². The van der Waals surface area contributed by atoms with Crippen molar-refractivity contribution >= 4 is 29.2 Å². The molecule has 0 radical (unpaired) electrons. The molecule has 0 saturated heterocycles. The van der Waals surface area contributed by atoms with Gasteiger partial charge in [-0.1, -0.05) is 48.2 Å². The molecule has 2 aromatic carbocycles. The Morgan fingerprint density at radius 2 is 1.69 bits per heavy atom. The summed E-state index contributed by atoms with van der Waals surface area (Å²) in [6.07, 6.45) is 4.33. The number of hydrogen-bond donors (Lipinski definition) is 1. The van der Waals surface area contributed by atoms with E-state index < -0.39 is 0 Å². The van der Waals surface area contributed by atoms with Crippen molar-refractivity contribution in [1.29, 1.82) is 0 Å². The van der Waals surface area contributed by atoms with Crippen LogP contribution in [-0.2, 0) is 6.42 Å². The average Bonchev–Trinajstić information content (AvgIpc) is 3.26. The Bertz CT molecular complexity index is 1380. The number of aryl methyl sites for hydroxylation is 1. The van der Waals surface area contributed by atoms with Crippen molar-refractivity contribution in [3.05, 3.63) is 107 Å². The molecule has 0 aliphatic rings. The lowest BCUT2D eigenvalue weighted by molar-refractivity contribution is 0.877. The van der Waals surface area contributed by atoms with Crippen LogP contribution in [0.1, 0.15) is 5.69 Å². The monoisotopic (exact) mass is 456 g/mol. The number of aromatic nitrogens is 4. The van der Waals surface area contributed by atoms with Crippen molar-refractivity contribution in [2.75, 3.05) is 5.75 Å². The number of hydrogen-bond acceptors (Lipinski definition) is 5. The molecule has 0 aliphatic heterocycles. The Labute approximate surface area is 193 Å². The lowest BCUT2D eigenvalue weighted by atomic mass is 10.1. The Kier molecular flexibility index (Phi) is 6.09. The quantitative estimate of drug-likeness (QED) is 0.324. The molecular weight excluding hydrogens is 436 g/mol. The predicted octanol–water partition coefficient (Wildman–Crippen LogP) is 5.57. The van der Waals surface area contributed by atoms with E-state index in [9.17, 15) is 4.79 Å². The smallest absolute Gasteiger partial charge is 0.272 e. The first-order valence-corrected chi connectivity index (χ1v) is 12.0. The average molecular weight is 457 g/mol. The van der Waals surface area contributed by atoms with Gasteiger partial charge >= 0.3 is 0 Å². The Morgan fingerprint density at radius 1 is 0.906 bits per heavy atom. The van der Waals surface area contributed by atoms with Crippen molar-refractivity contribution in [1.82, 2.24) is 19.6 Å². The first kappa shape index (κ1) is 20.6. The summed E-state index contributed by atoms with van der Waals surface area (Å²) in [5.74, 6) is 0.810. The minimum atomic E-state index is -0.102. The minimum absolute atomic E-state index is 0.102. The Balaban J connectivity index is 1.36. The number of thioether (sulfide) groups is 1. The van der Waals surface area contributed by atoms with E-state index in [1.807, 2.05) is 42.6 Å².